The second kappa shape index (κ2) is 7.20. The van der Waals surface area contributed by atoms with E-state index < -0.39 is 15.7 Å². The number of halogens is 1. The SMILES string of the molecule is Cc1nc(Nc2ccc(C)c(Cl)c2)cc(C(=O)NC2CCS(=O)(=O)C2)n1. The summed E-state index contributed by atoms with van der Waals surface area (Å²) in [5.41, 5.74) is 1.89. The lowest BCUT2D eigenvalue weighted by atomic mass is 10.2. The maximum Gasteiger partial charge on any atom is 0.270 e. The average Bonchev–Trinajstić information content (AvgIpc) is 2.89. The summed E-state index contributed by atoms with van der Waals surface area (Å²) in [5, 5.41) is 6.46. The maximum atomic E-state index is 12.4. The van der Waals surface area contributed by atoms with Gasteiger partial charge >= 0.3 is 0 Å². The second-order valence-electron chi connectivity index (χ2n) is 6.35. The van der Waals surface area contributed by atoms with Gasteiger partial charge in [-0.3, -0.25) is 4.79 Å². The summed E-state index contributed by atoms with van der Waals surface area (Å²) in [6.45, 7) is 3.59. The van der Waals surface area contributed by atoms with Crippen molar-refractivity contribution in [2.24, 2.45) is 0 Å². The van der Waals surface area contributed by atoms with Crippen LogP contribution in [0.2, 0.25) is 5.02 Å². The zero-order valence-corrected chi connectivity index (χ0v) is 16.0. The fourth-order valence-electron chi connectivity index (χ4n) is 2.73. The highest BCUT2D eigenvalue weighted by molar-refractivity contribution is 7.91. The number of anilines is 2. The number of hydrogen-bond acceptors (Lipinski definition) is 6. The van der Waals surface area contributed by atoms with Gasteiger partial charge in [-0.1, -0.05) is 17.7 Å². The molecule has 1 atom stereocenters. The lowest BCUT2D eigenvalue weighted by Gasteiger charge is -2.12. The molecule has 1 fully saturated rings. The summed E-state index contributed by atoms with van der Waals surface area (Å²) >= 11 is 6.13. The standard InChI is InChI=1S/C17H19ClN4O3S/c1-10-3-4-12(7-14(10)18)21-16-8-15(19-11(2)20-16)17(23)22-13-5-6-26(24,25)9-13/h3-4,7-8,13H,5-6,9H2,1-2H3,(H,22,23)(H,19,20,21). The largest absolute Gasteiger partial charge is 0.347 e. The highest BCUT2D eigenvalue weighted by atomic mass is 35.5. The van der Waals surface area contributed by atoms with Crippen molar-refractivity contribution in [2.45, 2.75) is 26.3 Å². The zero-order chi connectivity index (χ0) is 18.9. The van der Waals surface area contributed by atoms with Crippen LogP contribution in [0.25, 0.3) is 0 Å². The molecule has 26 heavy (non-hydrogen) atoms. The van der Waals surface area contributed by atoms with Crippen molar-refractivity contribution < 1.29 is 13.2 Å². The number of amides is 1. The molecule has 1 aromatic carbocycles. The molecule has 9 heteroatoms. The van der Waals surface area contributed by atoms with Crippen molar-refractivity contribution in [2.75, 3.05) is 16.8 Å². The Hall–Kier alpha value is -2.19. The first-order valence-corrected chi connectivity index (χ1v) is 10.3. The third-order valence-corrected chi connectivity index (χ3v) is 6.26. The highest BCUT2D eigenvalue weighted by Gasteiger charge is 2.29. The van der Waals surface area contributed by atoms with Gasteiger partial charge in [-0.25, -0.2) is 18.4 Å². The molecule has 7 nitrogen and oxygen atoms in total. The van der Waals surface area contributed by atoms with E-state index in [-0.39, 0.29) is 23.2 Å². The summed E-state index contributed by atoms with van der Waals surface area (Å²) in [7, 11) is -3.06. The Labute approximate surface area is 157 Å². The van der Waals surface area contributed by atoms with Gasteiger partial charge in [0.2, 0.25) is 0 Å². The number of hydrogen-bond donors (Lipinski definition) is 2. The molecule has 0 saturated carbocycles. The van der Waals surface area contributed by atoms with Gasteiger partial charge in [-0.2, -0.15) is 0 Å². The van der Waals surface area contributed by atoms with Crippen LogP contribution in [0.4, 0.5) is 11.5 Å². The molecule has 0 aliphatic carbocycles. The second-order valence-corrected chi connectivity index (χ2v) is 8.98. The van der Waals surface area contributed by atoms with Crippen molar-refractivity contribution >= 4 is 38.9 Å². The minimum atomic E-state index is -3.06. The average molecular weight is 395 g/mol. The van der Waals surface area contributed by atoms with Gasteiger partial charge < -0.3 is 10.6 Å². The van der Waals surface area contributed by atoms with Crippen molar-refractivity contribution in [3.05, 3.63) is 46.4 Å². The quantitative estimate of drug-likeness (QED) is 0.825. The molecular weight excluding hydrogens is 376 g/mol. The summed E-state index contributed by atoms with van der Waals surface area (Å²) in [5.74, 6) is 0.541. The van der Waals surface area contributed by atoms with Gasteiger partial charge in [0.05, 0.1) is 11.5 Å². The Morgan fingerprint density at radius 2 is 2.00 bits per heavy atom. The fraction of sp³-hybridized carbons (Fsp3) is 0.353. The van der Waals surface area contributed by atoms with E-state index in [9.17, 15) is 13.2 Å². The molecule has 1 aliphatic rings. The molecule has 2 N–H and O–H groups in total. The summed E-state index contributed by atoms with van der Waals surface area (Å²) < 4.78 is 23.0. The topological polar surface area (TPSA) is 101 Å². The van der Waals surface area contributed by atoms with Gasteiger partial charge in [-0.05, 0) is 38.0 Å². The summed E-state index contributed by atoms with van der Waals surface area (Å²) in [6.07, 6.45) is 0.422. The van der Waals surface area contributed by atoms with Crippen molar-refractivity contribution in [3.8, 4) is 0 Å². The van der Waals surface area contributed by atoms with E-state index in [2.05, 4.69) is 20.6 Å². The van der Waals surface area contributed by atoms with Crippen molar-refractivity contribution in [1.82, 2.24) is 15.3 Å². The highest BCUT2D eigenvalue weighted by Crippen LogP contribution is 2.23. The number of sulfone groups is 1. The Bertz CT molecular complexity index is 962. The van der Waals surface area contributed by atoms with E-state index in [1.54, 1.807) is 13.0 Å². The normalized spacial score (nSPS) is 18.5. The number of aromatic nitrogens is 2. The first-order valence-electron chi connectivity index (χ1n) is 8.12. The lowest BCUT2D eigenvalue weighted by molar-refractivity contribution is 0.0935. The molecule has 1 aliphatic heterocycles. The third-order valence-electron chi connectivity index (χ3n) is 4.08. The lowest BCUT2D eigenvalue weighted by Crippen LogP contribution is -2.36. The van der Waals surface area contributed by atoms with Crippen molar-refractivity contribution in [1.29, 1.82) is 0 Å². The van der Waals surface area contributed by atoms with Gasteiger partial charge in [0.15, 0.2) is 9.84 Å². The third kappa shape index (κ3) is 4.50. The first-order chi connectivity index (χ1) is 12.2. The number of benzene rings is 1. The molecule has 1 saturated heterocycles. The van der Waals surface area contributed by atoms with Crippen LogP contribution in [0.15, 0.2) is 24.3 Å². The first kappa shape index (κ1) is 18.6. The van der Waals surface area contributed by atoms with E-state index in [0.717, 1.165) is 11.3 Å². The van der Waals surface area contributed by atoms with Crippen LogP contribution in [0.5, 0.6) is 0 Å². The number of nitrogens with one attached hydrogen (secondary N) is 2. The Kier molecular flexibility index (Phi) is 5.15. The Morgan fingerprint density at radius 1 is 1.23 bits per heavy atom. The van der Waals surface area contributed by atoms with E-state index in [1.807, 2.05) is 19.1 Å². The van der Waals surface area contributed by atoms with Crippen molar-refractivity contribution in [3.63, 3.8) is 0 Å². The van der Waals surface area contributed by atoms with Crippen LogP contribution >= 0.6 is 11.6 Å². The number of aryl methyl sites for hydroxylation is 2. The fourth-order valence-corrected chi connectivity index (χ4v) is 4.59. The number of carbonyl (C=O) groups excluding carboxylic acids is 1. The van der Waals surface area contributed by atoms with Gasteiger partial charge in [0, 0.05) is 22.8 Å². The van der Waals surface area contributed by atoms with Gasteiger partial charge in [0.1, 0.15) is 17.3 Å². The summed E-state index contributed by atoms with van der Waals surface area (Å²) in [6, 6.07) is 6.67. The number of carbonyl (C=O) groups is 1. The minimum Gasteiger partial charge on any atom is -0.347 e. The summed E-state index contributed by atoms with van der Waals surface area (Å²) in [4.78, 5) is 20.8. The molecule has 2 heterocycles. The van der Waals surface area contributed by atoms with Crippen LogP contribution in [0, 0.1) is 13.8 Å². The van der Waals surface area contributed by atoms with Crippen LogP contribution in [-0.4, -0.2) is 41.8 Å². The van der Waals surface area contributed by atoms with E-state index in [0.29, 0.717) is 23.1 Å². The molecule has 0 radical (unpaired) electrons. The van der Waals surface area contributed by atoms with Gasteiger partial charge in [0.25, 0.3) is 5.91 Å². The number of nitrogens with zero attached hydrogens (tertiary/aromatic N) is 2. The van der Waals surface area contributed by atoms with Crippen LogP contribution in [0.3, 0.4) is 0 Å². The van der Waals surface area contributed by atoms with Crippen LogP contribution in [0.1, 0.15) is 28.3 Å². The number of rotatable bonds is 4. The molecule has 0 spiro atoms. The maximum absolute atomic E-state index is 12.4. The van der Waals surface area contributed by atoms with Gasteiger partial charge in [-0.15, -0.1) is 0 Å². The van der Waals surface area contributed by atoms with Crippen LogP contribution < -0.4 is 10.6 Å². The molecular formula is C17H19ClN4O3S. The monoisotopic (exact) mass is 394 g/mol. The smallest absolute Gasteiger partial charge is 0.270 e. The molecule has 138 valence electrons. The Morgan fingerprint density at radius 3 is 2.65 bits per heavy atom. The molecule has 3 rings (SSSR count). The molecule has 2 aromatic rings. The van der Waals surface area contributed by atoms with E-state index in [1.165, 1.54) is 6.07 Å². The molecule has 0 bridgehead atoms. The predicted octanol–water partition coefficient (Wildman–Crippen LogP) is 2.41. The predicted molar refractivity (Wildman–Crippen MR) is 101 cm³/mol. The van der Waals surface area contributed by atoms with Crippen LogP contribution in [-0.2, 0) is 9.84 Å². The molecule has 1 aromatic heterocycles. The van der Waals surface area contributed by atoms with E-state index in [4.69, 9.17) is 11.6 Å². The molecule has 1 unspecified atom stereocenters. The Balaban J connectivity index is 1.76. The zero-order valence-electron chi connectivity index (χ0n) is 14.4. The van der Waals surface area contributed by atoms with E-state index >= 15 is 0 Å². The minimum absolute atomic E-state index is 0.0320. The molecule has 1 amide bonds.